The van der Waals surface area contributed by atoms with Crippen molar-refractivity contribution in [2.45, 2.75) is 52.1 Å². The van der Waals surface area contributed by atoms with Crippen LogP contribution in [0.1, 0.15) is 48.5 Å². The summed E-state index contributed by atoms with van der Waals surface area (Å²) in [4.78, 5) is 36.8. The van der Waals surface area contributed by atoms with Crippen LogP contribution in [0.3, 0.4) is 0 Å². The molecule has 158 valence electrons. The molecule has 2 aliphatic rings. The molecule has 0 aliphatic heterocycles. The first-order valence-electron chi connectivity index (χ1n) is 10.8. The zero-order valence-electron chi connectivity index (χ0n) is 17.6. The zero-order valence-corrected chi connectivity index (χ0v) is 17.6. The van der Waals surface area contributed by atoms with Gasteiger partial charge in [-0.15, -0.1) is 0 Å². The highest BCUT2D eigenvalue weighted by Crippen LogP contribution is 2.49. The normalized spacial score (nSPS) is 23.2. The first-order chi connectivity index (χ1) is 14.4. The summed E-state index contributed by atoms with van der Waals surface area (Å²) in [5.41, 5.74) is 1.83. The summed E-state index contributed by atoms with van der Waals surface area (Å²) in [6.07, 6.45) is 6.84. The van der Waals surface area contributed by atoms with Crippen LogP contribution in [-0.2, 0) is 11.3 Å². The summed E-state index contributed by atoms with van der Waals surface area (Å²) >= 11 is 0. The van der Waals surface area contributed by atoms with Gasteiger partial charge in [-0.2, -0.15) is 0 Å². The van der Waals surface area contributed by atoms with Crippen LogP contribution in [0.4, 0.5) is 5.69 Å². The number of rotatable bonds is 6. The highest BCUT2D eigenvalue weighted by molar-refractivity contribution is 5.96. The second-order valence-electron chi connectivity index (χ2n) is 8.90. The predicted molar refractivity (Wildman–Crippen MR) is 116 cm³/mol. The van der Waals surface area contributed by atoms with E-state index in [1.807, 2.05) is 6.92 Å². The van der Waals surface area contributed by atoms with E-state index in [1.54, 1.807) is 36.5 Å². The van der Waals surface area contributed by atoms with Crippen molar-refractivity contribution in [2.24, 2.45) is 17.8 Å². The molecule has 2 N–H and O–H groups in total. The van der Waals surface area contributed by atoms with E-state index < -0.39 is 0 Å². The Bertz CT molecular complexity index is 996. The topological polar surface area (TPSA) is 80.2 Å². The van der Waals surface area contributed by atoms with Crippen LogP contribution < -0.4 is 16.2 Å². The molecule has 4 atom stereocenters. The standard InChI is InChI=1S/C24H29N3O3/c1-15-9-10-27(23(29)11-15)14-22(28)26-20-7-5-18(6-8-20)24(30)25-16(2)21-13-17-3-4-19(21)12-17/h5-11,16-17,19,21H,3-4,12-14H2,1-2H3,(H,25,30)(H,26,28). The summed E-state index contributed by atoms with van der Waals surface area (Å²) < 4.78 is 1.36. The third-order valence-corrected chi connectivity index (χ3v) is 6.69. The minimum absolute atomic E-state index is 0.0532. The second-order valence-corrected chi connectivity index (χ2v) is 8.90. The molecule has 2 saturated carbocycles. The molecule has 4 rings (SSSR count). The number of benzene rings is 1. The number of carbonyl (C=O) groups is 2. The molecule has 2 amide bonds. The summed E-state index contributed by atoms with van der Waals surface area (Å²) in [5, 5.41) is 5.93. The van der Waals surface area contributed by atoms with Crippen LogP contribution in [0.15, 0.2) is 47.4 Å². The number of fused-ring (bicyclic) bond motifs is 2. The number of aromatic nitrogens is 1. The maximum Gasteiger partial charge on any atom is 0.251 e. The maximum absolute atomic E-state index is 12.6. The van der Waals surface area contributed by atoms with Crippen molar-refractivity contribution in [3.05, 3.63) is 64.1 Å². The number of amides is 2. The molecule has 1 aromatic carbocycles. The Labute approximate surface area is 176 Å². The Morgan fingerprint density at radius 3 is 2.53 bits per heavy atom. The Kier molecular flexibility index (Phi) is 5.75. The van der Waals surface area contributed by atoms with Gasteiger partial charge in [0, 0.05) is 29.6 Å². The SMILES string of the molecule is Cc1ccn(CC(=O)Nc2ccc(C(=O)NC(C)C3CC4CCC3C4)cc2)c(=O)c1. The number of hydrogen-bond acceptors (Lipinski definition) is 3. The minimum Gasteiger partial charge on any atom is -0.349 e. The van der Waals surface area contributed by atoms with Crippen LogP contribution >= 0.6 is 0 Å². The third-order valence-electron chi connectivity index (χ3n) is 6.69. The molecular formula is C24H29N3O3. The van der Waals surface area contributed by atoms with Crippen LogP contribution in [0.25, 0.3) is 0 Å². The monoisotopic (exact) mass is 407 g/mol. The average Bonchev–Trinajstić information content (AvgIpc) is 3.34. The predicted octanol–water partition coefficient (Wildman–Crippen LogP) is 3.35. The van der Waals surface area contributed by atoms with Gasteiger partial charge >= 0.3 is 0 Å². The molecule has 1 heterocycles. The summed E-state index contributed by atoms with van der Waals surface area (Å²) in [6.45, 7) is 3.90. The number of nitrogens with zero attached hydrogens (tertiary/aromatic N) is 1. The number of carbonyl (C=O) groups excluding carboxylic acids is 2. The lowest BCUT2D eigenvalue weighted by molar-refractivity contribution is -0.116. The van der Waals surface area contributed by atoms with Crippen molar-refractivity contribution in [1.29, 1.82) is 0 Å². The van der Waals surface area contributed by atoms with Crippen LogP contribution in [0.2, 0.25) is 0 Å². The lowest BCUT2D eigenvalue weighted by Gasteiger charge is -2.28. The molecule has 6 nitrogen and oxygen atoms in total. The molecule has 2 aromatic rings. The van der Waals surface area contributed by atoms with Gasteiger partial charge in [-0.1, -0.05) is 6.42 Å². The Morgan fingerprint density at radius 2 is 1.90 bits per heavy atom. The lowest BCUT2D eigenvalue weighted by Crippen LogP contribution is -2.40. The number of pyridine rings is 1. The van der Waals surface area contributed by atoms with E-state index in [0.717, 1.165) is 17.4 Å². The number of nitrogens with one attached hydrogen (secondary N) is 2. The third kappa shape index (κ3) is 4.48. The number of aryl methyl sites for hydroxylation is 1. The van der Waals surface area contributed by atoms with Crippen molar-refractivity contribution >= 4 is 17.5 Å². The molecule has 2 bridgehead atoms. The van der Waals surface area contributed by atoms with Gasteiger partial charge in [0.2, 0.25) is 5.91 Å². The number of hydrogen-bond donors (Lipinski definition) is 2. The quantitative estimate of drug-likeness (QED) is 0.771. The van der Waals surface area contributed by atoms with Crippen molar-refractivity contribution in [2.75, 3.05) is 5.32 Å². The molecule has 30 heavy (non-hydrogen) atoms. The first-order valence-corrected chi connectivity index (χ1v) is 10.8. The maximum atomic E-state index is 12.6. The molecule has 1 aromatic heterocycles. The van der Waals surface area contributed by atoms with Gasteiger partial charge in [-0.05, 0) is 86.8 Å². The summed E-state index contributed by atoms with van der Waals surface area (Å²) in [7, 11) is 0. The molecule has 0 saturated heterocycles. The van der Waals surface area contributed by atoms with E-state index in [2.05, 4.69) is 17.6 Å². The Hall–Kier alpha value is -2.89. The lowest BCUT2D eigenvalue weighted by atomic mass is 9.84. The fourth-order valence-corrected chi connectivity index (χ4v) is 5.10. The van der Waals surface area contributed by atoms with Gasteiger partial charge in [-0.25, -0.2) is 0 Å². The van der Waals surface area contributed by atoms with E-state index in [9.17, 15) is 14.4 Å². The van der Waals surface area contributed by atoms with E-state index in [4.69, 9.17) is 0 Å². The fraction of sp³-hybridized carbons (Fsp3) is 0.458. The van der Waals surface area contributed by atoms with Crippen LogP contribution in [-0.4, -0.2) is 22.4 Å². The largest absolute Gasteiger partial charge is 0.349 e. The fourth-order valence-electron chi connectivity index (χ4n) is 5.10. The van der Waals surface area contributed by atoms with E-state index in [0.29, 0.717) is 17.2 Å². The number of anilines is 1. The molecule has 0 spiro atoms. The molecule has 6 heteroatoms. The van der Waals surface area contributed by atoms with Gasteiger partial charge in [0.25, 0.3) is 11.5 Å². The highest BCUT2D eigenvalue weighted by Gasteiger charge is 2.42. The van der Waals surface area contributed by atoms with Crippen molar-refractivity contribution in [1.82, 2.24) is 9.88 Å². The Balaban J connectivity index is 1.31. The second kappa shape index (κ2) is 8.46. The molecular weight excluding hydrogens is 378 g/mol. The van der Waals surface area contributed by atoms with Gasteiger partial charge in [0.05, 0.1) is 0 Å². The summed E-state index contributed by atoms with van der Waals surface area (Å²) in [6, 6.07) is 10.3. The van der Waals surface area contributed by atoms with E-state index in [1.165, 1.54) is 36.3 Å². The molecule has 4 unspecified atom stereocenters. The van der Waals surface area contributed by atoms with Crippen LogP contribution in [0.5, 0.6) is 0 Å². The molecule has 2 aliphatic carbocycles. The van der Waals surface area contributed by atoms with Gasteiger partial charge < -0.3 is 15.2 Å². The Morgan fingerprint density at radius 1 is 1.13 bits per heavy atom. The van der Waals surface area contributed by atoms with E-state index >= 15 is 0 Å². The van der Waals surface area contributed by atoms with Crippen molar-refractivity contribution in [3.8, 4) is 0 Å². The smallest absolute Gasteiger partial charge is 0.251 e. The van der Waals surface area contributed by atoms with Gasteiger partial charge in [0.15, 0.2) is 0 Å². The van der Waals surface area contributed by atoms with Crippen molar-refractivity contribution < 1.29 is 9.59 Å². The molecule has 2 fully saturated rings. The minimum atomic E-state index is -0.289. The first kappa shape index (κ1) is 20.4. The van der Waals surface area contributed by atoms with Crippen LogP contribution in [0, 0.1) is 24.7 Å². The average molecular weight is 408 g/mol. The molecule has 0 radical (unpaired) electrons. The van der Waals surface area contributed by atoms with Gasteiger partial charge in [-0.3, -0.25) is 14.4 Å². The van der Waals surface area contributed by atoms with Crippen molar-refractivity contribution in [3.63, 3.8) is 0 Å². The van der Waals surface area contributed by atoms with E-state index in [-0.39, 0.29) is 30.0 Å². The highest BCUT2D eigenvalue weighted by atomic mass is 16.2. The van der Waals surface area contributed by atoms with Gasteiger partial charge in [0.1, 0.15) is 6.54 Å². The summed E-state index contributed by atoms with van der Waals surface area (Å²) in [5.74, 6) is 1.86. The zero-order chi connectivity index (χ0) is 21.3.